The van der Waals surface area contributed by atoms with Gasteiger partial charge in [-0.25, -0.2) is 0 Å². The largest absolute Gasteiger partial charge is 0.550 e. The Morgan fingerprint density at radius 3 is 2.31 bits per heavy atom. The van der Waals surface area contributed by atoms with Crippen molar-refractivity contribution >= 4 is 29.2 Å². The predicted molar refractivity (Wildman–Crippen MR) is 109 cm³/mol. The Hall–Kier alpha value is -3.41. The van der Waals surface area contributed by atoms with Crippen molar-refractivity contribution in [2.75, 3.05) is 10.6 Å². The molecule has 2 aromatic carbocycles. The molecule has 0 heterocycles. The van der Waals surface area contributed by atoms with Gasteiger partial charge in [-0.2, -0.15) is 0 Å². The van der Waals surface area contributed by atoms with Crippen LogP contribution in [0.3, 0.4) is 0 Å². The number of rotatable bonds is 6. The van der Waals surface area contributed by atoms with E-state index in [-0.39, 0.29) is 18.2 Å². The number of nitrogens with one attached hydrogen (secondary N) is 2. The van der Waals surface area contributed by atoms with Crippen molar-refractivity contribution in [3.63, 3.8) is 0 Å². The summed E-state index contributed by atoms with van der Waals surface area (Å²) < 4.78 is 0. The fraction of sp³-hybridized carbons (Fsp3) is 0.261. The van der Waals surface area contributed by atoms with Crippen LogP contribution in [0, 0.1) is 18.8 Å². The minimum atomic E-state index is -1.21. The second-order valence-electron chi connectivity index (χ2n) is 7.20. The lowest BCUT2D eigenvalue weighted by molar-refractivity contribution is -0.313. The third-order valence-electron chi connectivity index (χ3n) is 5.05. The van der Waals surface area contributed by atoms with Gasteiger partial charge in [-0.15, -0.1) is 0 Å². The Morgan fingerprint density at radius 1 is 0.966 bits per heavy atom. The Kier molecular flexibility index (Phi) is 6.44. The van der Waals surface area contributed by atoms with Crippen molar-refractivity contribution in [1.82, 2.24) is 0 Å². The predicted octanol–water partition coefficient (Wildman–Crippen LogP) is 2.45. The number of aliphatic carboxylic acids is 1. The molecular weight excluding hydrogens is 368 g/mol. The van der Waals surface area contributed by atoms with E-state index in [0.29, 0.717) is 24.2 Å². The van der Waals surface area contributed by atoms with Gasteiger partial charge in [0.15, 0.2) is 0 Å². The molecule has 0 bridgehead atoms. The second kappa shape index (κ2) is 9.19. The first-order chi connectivity index (χ1) is 13.9. The minimum Gasteiger partial charge on any atom is -0.550 e. The third-order valence-corrected chi connectivity index (χ3v) is 5.05. The van der Waals surface area contributed by atoms with E-state index in [1.54, 1.807) is 24.3 Å². The zero-order valence-electron chi connectivity index (χ0n) is 16.2. The topological polar surface area (TPSA) is 98.3 Å². The first-order valence-corrected chi connectivity index (χ1v) is 9.55. The van der Waals surface area contributed by atoms with Gasteiger partial charge in [-0.05, 0) is 49.1 Å². The van der Waals surface area contributed by atoms with Crippen LogP contribution in [0.15, 0.2) is 60.7 Å². The number of anilines is 2. The van der Waals surface area contributed by atoms with Gasteiger partial charge in [-0.1, -0.05) is 42.5 Å². The van der Waals surface area contributed by atoms with Crippen LogP contribution < -0.4 is 15.7 Å². The molecule has 1 aliphatic rings. The molecular formula is C23H23N2O4-. The molecule has 0 saturated carbocycles. The Morgan fingerprint density at radius 2 is 1.66 bits per heavy atom. The average Bonchev–Trinajstić information content (AvgIpc) is 2.70. The molecule has 0 unspecified atom stereocenters. The lowest BCUT2D eigenvalue weighted by Gasteiger charge is -2.28. The molecule has 29 heavy (non-hydrogen) atoms. The lowest BCUT2D eigenvalue weighted by atomic mass is 9.82. The van der Waals surface area contributed by atoms with Gasteiger partial charge in [0.1, 0.15) is 0 Å². The second-order valence-corrected chi connectivity index (χ2v) is 7.20. The van der Waals surface area contributed by atoms with E-state index >= 15 is 0 Å². The first-order valence-electron chi connectivity index (χ1n) is 9.55. The summed E-state index contributed by atoms with van der Waals surface area (Å²) in [6, 6.07) is 14.6. The number of hydrogen-bond acceptors (Lipinski definition) is 4. The summed E-state index contributed by atoms with van der Waals surface area (Å²) in [5.74, 6) is -3.15. The highest BCUT2D eigenvalue weighted by molar-refractivity contribution is 5.96. The minimum absolute atomic E-state index is 0.123. The van der Waals surface area contributed by atoms with Crippen LogP contribution in [0.25, 0.3) is 0 Å². The summed E-state index contributed by atoms with van der Waals surface area (Å²) in [4.78, 5) is 36.1. The highest BCUT2D eigenvalue weighted by atomic mass is 16.4. The molecule has 6 heteroatoms. The fourth-order valence-corrected chi connectivity index (χ4v) is 3.46. The number of carbonyl (C=O) groups is 3. The molecule has 0 fully saturated rings. The van der Waals surface area contributed by atoms with E-state index in [1.165, 1.54) is 0 Å². The van der Waals surface area contributed by atoms with Crippen molar-refractivity contribution < 1.29 is 19.5 Å². The van der Waals surface area contributed by atoms with Gasteiger partial charge < -0.3 is 20.5 Å². The molecule has 2 aromatic rings. The normalized spacial score (nSPS) is 18.1. The summed E-state index contributed by atoms with van der Waals surface area (Å²) in [6.07, 6.45) is 4.53. The number of carboxylic acid groups (broad SMARTS) is 1. The van der Waals surface area contributed by atoms with Crippen molar-refractivity contribution in [2.24, 2.45) is 11.8 Å². The molecule has 2 atom stereocenters. The molecule has 0 aliphatic heterocycles. The summed E-state index contributed by atoms with van der Waals surface area (Å²) in [5, 5.41) is 16.9. The maximum absolute atomic E-state index is 12.6. The molecule has 3 rings (SSSR count). The van der Waals surface area contributed by atoms with Gasteiger partial charge in [-0.3, -0.25) is 9.59 Å². The molecule has 1 aliphatic carbocycles. The van der Waals surface area contributed by atoms with Crippen LogP contribution in [-0.2, 0) is 20.8 Å². The quantitative estimate of drug-likeness (QED) is 0.739. The Balaban J connectivity index is 1.63. The van der Waals surface area contributed by atoms with Crippen LogP contribution in [0.4, 0.5) is 11.4 Å². The van der Waals surface area contributed by atoms with Crippen molar-refractivity contribution in [3.05, 3.63) is 71.8 Å². The zero-order valence-corrected chi connectivity index (χ0v) is 16.2. The smallest absolute Gasteiger partial charge is 0.228 e. The summed E-state index contributed by atoms with van der Waals surface area (Å²) in [5.41, 5.74) is 2.94. The van der Waals surface area contributed by atoms with Crippen molar-refractivity contribution in [2.45, 2.75) is 26.2 Å². The van der Waals surface area contributed by atoms with Crippen molar-refractivity contribution in [1.29, 1.82) is 0 Å². The summed E-state index contributed by atoms with van der Waals surface area (Å²) in [7, 11) is 0. The number of benzene rings is 2. The molecule has 6 nitrogen and oxygen atoms in total. The van der Waals surface area contributed by atoms with E-state index in [4.69, 9.17) is 0 Å². The van der Waals surface area contributed by atoms with Gasteiger partial charge in [0.05, 0.1) is 12.3 Å². The summed E-state index contributed by atoms with van der Waals surface area (Å²) >= 11 is 0. The van der Waals surface area contributed by atoms with Crippen molar-refractivity contribution in [3.8, 4) is 0 Å². The van der Waals surface area contributed by atoms with Crippen LogP contribution in [-0.4, -0.2) is 17.8 Å². The SMILES string of the molecule is Cc1cc(NC(=O)[C@@H]2CC=CC[C@H]2C(=O)[O-])ccc1NC(=O)Cc1ccccc1. The average molecular weight is 391 g/mol. The van der Waals surface area contributed by atoms with Gasteiger partial charge in [0.2, 0.25) is 11.8 Å². The van der Waals surface area contributed by atoms with E-state index < -0.39 is 17.8 Å². The van der Waals surface area contributed by atoms with Crippen LogP contribution in [0.5, 0.6) is 0 Å². The maximum atomic E-state index is 12.6. The lowest BCUT2D eigenvalue weighted by Crippen LogP contribution is -2.41. The number of aryl methyl sites for hydroxylation is 1. The van der Waals surface area contributed by atoms with E-state index in [1.807, 2.05) is 43.3 Å². The van der Waals surface area contributed by atoms with Gasteiger partial charge in [0.25, 0.3) is 0 Å². The number of carbonyl (C=O) groups excluding carboxylic acids is 3. The number of amides is 2. The molecule has 150 valence electrons. The summed E-state index contributed by atoms with van der Waals surface area (Å²) in [6.45, 7) is 1.83. The standard InChI is InChI=1S/C23H24N2O4/c1-15-13-17(24-22(27)18-9-5-6-10-19(18)23(28)29)11-12-20(15)25-21(26)14-16-7-3-2-4-8-16/h2-8,11-13,18-19H,9-10,14H2,1H3,(H,24,27)(H,25,26)(H,28,29)/p-1/t18-,19-/m1/s1. The number of allylic oxidation sites excluding steroid dienone is 2. The fourth-order valence-electron chi connectivity index (χ4n) is 3.46. The van der Waals surface area contributed by atoms with E-state index in [9.17, 15) is 19.5 Å². The van der Waals surface area contributed by atoms with Crippen LogP contribution >= 0.6 is 0 Å². The van der Waals surface area contributed by atoms with Gasteiger partial charge >= 0.3 is 0 Å². The highest BCUT2D eigenvalue weighted by Gasteiger charge is 2.29. The van der Waals surface area contributed by atoms with E-state index in [2.05, 4.69) is 10.6 Å². The molecule has 2 N–H and O–H groups in total. The Bertz CT molecular complexity index is 937. The molecule has 0 aromatic heterocycles. The molecule has 0 radical (unpaired) electrons. The van der Waals surface area contributed by atoms with Gasteiger partial charge in [0, 0.05) is 23.3 Å². The molecule has 0 saturated heterocycles. The zero-order chi connectivity index (χ0) is 20.8. The molecule has 0 spiro atoms. The highest BCUT2D eigenvalue weighted by Crippen LogP contribution is 2.27. The molecule has 2 amide bonds. The third kappa shape index (κ3) is 5.31. The Labute approximate surface area is 169 Å². The van der Waals surface area contributed by atoms with Crippen LogP contribution in [0.1, 0.15) is 24.0 Å². The first kappa shape index (κ1) is 20.3. The van der Waals surface area contributed by atoms with E-state index in [0.717, 1.165) is 11.1 Å². The number of carboxylic acids is 1. The van der Waals surface area contributed by atoms with Crippen LogP contribution in [0.2, 0.25) is 0 Å². The monoisotopic (exact) mass is 391 g/mol. The maximum Gasteiger partial charge on any atom is 0.228 e. The number of hydrogen-bond donors (Lipinski definition) is 2.